The van der Waals surface area contributed by atoms with Crippen molar-refractivity contribution >= 4 is 0 Å². The molecule has 0 amide bonds. The van der Waals surface area contributed by atoms with Crippen LogP contribution in [0, 0.1) is 11.3 Å². The van der Waals surface area contributed by atoms with Crippen LogP contribution in [0.4, 0.5) is 0 Å². The highest BCUT2D eigenvalue weighted by molar-refractivity contribution is 5.27. The summed E-state index contributed by atoms with van der Waals surface area (Å²) in [5.41, 5.74) is 0.973. The van der Waals surface area contributed by atoms with Gasteiger partial charge in [0.25, 0.3) is 0 Å². The van der Waals surface area contributed by atoms with Gasteiger partial charge in [-0.3, -0.25) is 4.90 Å². The van der Waals surface area contributed by atoms with Crippen LogP contribution in [-0.2, 0) is 0 Å². The molecule has 0 aromatic rings. The normalized spacial score (nSPS) is 33.9. The Morgan fingerprint density at radius 1 is 1.64 bits per heavy atom. The standard InChI is InChI=1S/C11H17N3/c1-9-8-13-4-5-14(9)11-3-2-10(6-11)7-12/h6,9,11,13H,2-5,8H2,1H3/t9-,11?/m1/s1. The van der Waals surface area contributed by atoms with E-state index >= 15 is 0 Å². The fourth-order valence-corrected chi connectivity index (χ4v) is 2.41. The van der Waals surface area contributed by atoms with Gasteiger partial charge >= 0.3 is 0 Å². The van der Waals surface area contributed by atoms with Crippen LogP contribution in [0.15, 0.2) is 11.6 Å². The Balaban J connectivity index is 2.01. The smallest absolute Gasteiger partial charge is 0.0944 e. The van der Waals surface area contributed by atoms with Crippen LogP contribution in [-0.4, -0.2) is 36.6 Å². The Labute approximate surface area is 85.4 Å². The minimum absolute atomic E-state index is 0.516. The molecule has 2 aliphatic rings. The van der Waals surface area contributed by atoms with Crippen molar-refractivity contribution < 1.29 is 0 Å². The zero-order chi connectivity index (χ0) is 9.97. The van der Waals surface area contributed by atoms with Gasteiger partial charge in [-0.1, -0.05) is 6.08 Å². The Morgan fingerprint density at radius 2 is 2.50 bits per heavy atom. The largest absolute Gasteiger partial charge is 0.314 e. The van der Waals surface area contributed by atoms with Gasteiger partial charge < -0.3 is 5.32 Å². The second-order valence-corrected chi connectivity index (χ2v) is 4.20. The number of hydrogen-bond donors (Lipinski definition) is 1. The first-order valence-corrected chi connectivity index (χ1v) is 5.38. The van der Waals surface area contributed by atoms with Crippen molar-refractivity contribution in [1.29, 1.82) is 5.26 Å². The van der Waals surface area contributed by atoms with E-state index in [0.717, 1.165) is 38.0 Å². The molecule has 1 N–H and O–H groups in total. The van der Waals surface area contributed by atoms with Crippen molar-refractivity contribution in [3.8, 4) is 6.07 Å². The van der Waals surface area contributed by atoms with Crippen LogP contribution >= 0.6 is 0 Å². The molecule has 14 heavy (non-hydrogen) atoms. The van der Waals surface area contributed by atoms with Crippen molar-refractivity contribution in [2.75, 3.05) is 19.6 Å². The molecule has 0 spiro atoms. The summed E-state index contributed by atoms with van der Waals surface area (Å²) in [5.74, 6) is 0. The van der Waals surface area contributed by atoms with Crippen molar-refractivity contribution in [2.45, 2.75) is 31.8 Å². The lowest BCUT2D eigenvalue weighted by molar-refractivity contribution is 0.139. The van der Waals surface area contributed by atoms with Crippen molar-refractivity contribution in [3.63, 3.8) is 0 Å². The van der Waals surface area contributed by atoms with Crippen molar-refractivity contribution in [1.82, 2.24) is 10.2 Å². The Bertz CT molecular complexity index is 277. The second kappa shape index (κ2) is 4.12. The number of rotatable bonds is 1. The van der Waals surface area contributed by atoms with E-state index in [1.165, 1.54) is 0 Å². The van der Waals surface area contributed by atoms with E-state index in [9.17, 15) is 0 Å². The van der Waals surface area contributed by atoms with Gasteiger partial charge in [0.05, 0.1) is 6.07 Å². The maximum Gasteiger partial charge on any atom is 0.0944 e. The zero-order valence-corrected chi connectivity index (χ0v) is 8.66. The predicted octanol–water partition coefficient (Wildman–Crippen LogP) is 0.892. The molecular formula is C11H17N3. The van der Waals surface area contributed by atoms with Gasteiger partial charge in [-0.25, -0.2) is 0 Å². The van der Waals surface area contributed by atoms with E-state index in [1.807, 2.05) is 0 Å². The summed E-state index contributed by atoms with van der Waals surface area (Å²) in [6.45, 7) is 5.52. The first-order chi connectivity index (χ1) is 6.81. The molecule has 1 fully saturated rings. The van der Waals surface area contributed by atoms with E-state index in [-0.39, 0.29) is 0 Å². The van der Waals surface area contributed by atoms with Crippen molar-refractivity contribution in [3.05, 3.63) is 11.6 Å². The minimum atomic E-state index is 0.516. The first-order valence-electron chi connectivity index (χ1n) is 5.38. The third kappa shape index (κ3) is 1.82. The predicted molar refractivity (Wildman–Crippen MR) is 55.8 cm³/mol. The summed E-state index contributed by atoms with van der Waals surface area (Å²) in [5, 5.41) is 12.2. The molecular weight excluding hydrogens is 174 g/mol. The number of nitrogens with one attached hydrogen (secondary N) is 1. The second-order valence-electron chi connectivity index (χ2n) is 4.20. The third-order valence-electron chi connectivity index (χ3n) is 3.23. The summed E-state index contributed by atoms with van der Waals surface area (Å²) >= 11 is 0. The molecule has 0 radical (unpaired) electrons. The molecule has 1 heterocycles. The van der Waals surface area contributed by atoms with E-state index in [1.54, 1.807) is 0 Å². The average Bonchev–Trinajstić information content (AvgIpc) is 2.67. The number of nitriles is 1. The quantitative estimate of drug-likeness (QED) is 0.669. The first kappa shape index (κ1) is 9.70. The van der Waals surface area contributed by atoms with Crippen LogP contribution < -0.4 is 5.32 Å². The highest BCUT2D eigenvalue weighted by Gasteiger charge is 2.27. The molecule has 0 bridgehead atoms. The number of hydrogen-bond acceptors (Lipinski definition) is 3. The third-order valence-corrected chi connectivity index (χ3v) is 3.23. The van der Waals surface area contributed by atoms with Crippen LogP contribution in [0.25, 0.3) is 0 Å². The summed E-state index contributed by atoms with van der Waals surface area (Å²) in [7, 11) is 0. The van der Waals surface area contributed by atoms with E-state index in [2.05, 4.69) is 29.3 Å². The molecule has 3 nitrogen and oxygen atoms in total. The summed E-state index contributed by atoms with van der Waals surface area (Å²) in [4.78, 5) is 2.51. The monoisotopic (exact) mass is 191 g/mol. The lowest BCUT2D eigenvalue weighted by Gasteiger charge is -2.37. The maximum absolute atomic E-state index is 8.80. The molecule has 1 saturated heterocycles. The molecule has 1 unspecified atom stereocenters. The van der Waals surface area contributed by atoms with E-state index in [0.29, 0.717) is 12.1 Å². The molecule has 2 atom stereocenters. The van der Waals surface area contributed by atoms with Gasteiger partial charge in [-0.15, -0.1) is 0 Å². The van der Waals surface area contributed by atoms with Gasteiger partial charge in [0.15, 0.2) is 0 Å². The SMILES string of the molecule is C[C@@H]1CNCCN1C1C=C(C#N)CC1. The highest BCUT2D eigenvalue weighted by atomic mass is 15.2. The van der Waals surface area contributed by atoms with Crippen LogP contribution in [0.5, 0.6) is 0 Å². The van der Waals surface area contributed by atoms with Gasteiger partial charge in [-0.2, -0.15) is 5.26 Å². The van der Waals surface area contributed by atoms with Crippen LogP contribution in [0.3, 0.4) is 0 Å². The molecule has 76 valence electrons. The summed E-state index contributed by atoms with van der Waals surface area (Å²) < 4.78 is 0. The molecule has 1 aliphatic carbocycles. The number of allylic oxidation sites excluding steroid dienone is 1. The van der Waals surface area contributed by atoms with Gasteiger partial charge in [0, 0.05) is 37.3 Å². The Kier molecular flexibility index (Phi) is 2.85. The molecule has 1 aliphatic heterocycles. The fraction of sp³-hybridized carbons (Fsp3) is 0.727. The molecule has 0 aromatic heterocycles. The fourth-order valence-electron chi connectivity index (χ4n) is 2.41. The van der Waals surface area contributed by atoms with Crippen LogP contribution in [0.1, 0.15) is 19.8 Å². The van der Waals surface area contributed by atoms with E-state index < -0.39 is 0 Å². The Morgan fingerprint density at radius 3 is 3.14 bits per heavy atom. The maximum atomic E-state index is 8.80. The summed E-state index contributed by atoms with van der Waals surface area (Å²) in [6, 6.07) is 3.38. The molecule has 3 heteroatoms. The topological polar surface area (TPSA) is 39.1 Å². The van der Waals surface area contributed by atoms with Crippen molar-refractivity contribution in [2.24, 2.45) is 0 Å². The van der Waals surface area contributed by atoms with E-state index in [4.69, 9.17) is 5.26 Å². The average molecular weight is 191 g/mol. The van der Waals surface area contributed by atoms with Gasteiger partial charge in [-0.05, 0) is 19.8 Å². The highest BCUT2D eigenvalue weighted by Crippen LogP contribution is 2.24. The molecule has 0 saturated carbocycles. The molecule has 2 rings (SSSR count). The number of nitrogens with zero attached hydrogens (tertiary/aromatic N) is 2. The Hall–Kier alpha value is -0.850. The zero-order valence-electron chi connectivity index (χ0n) is 8.66. The lowest BCUT2D eigenvalue weighted by atomic mass is 10.1. The lowest BCUT2D eigenvalue weighted by Crippen LogP contribution is -2.52. The summed E-state index contributed by atoms with van der Waals surface area (Å²) in [6.07, 6.45) is 4.26. The van der Waals surface area contributed by atoms with Gasteiger partial charge in [0.1, 0.15) is 0 Å². The molecule has 0 aromatic carbocycles. The van der Waals surface area contributed by atoms with Crippen LogP contribution in [0.2, 0.25) is 0 Å². The number of piperazine rings is 1. The minimum Gasteiger partial charge on any atom is -0.314 e. The van der Waals surface area contributed by atoms with Gasteiger partial charge in [0.2, 0.25) is 0 Å².